The second-order valence-corrected chi connectivity index (χ2v) is 4.34. The van der Waals surface area contributed by atoms with Crippen molar-refractivity contribution in [2.24, 2.45) is 12.8 Å². The van der Waals surface area contributed by atoms with E-state index in [0.717, 1.165) is 5.56 Å². The predicted octanol–water partition coefficient (Wildman–Crippen LogP) is -0.504. The average molecular weight is 288 g/mol. The zero-order chi connectivity index (χ0) is 15.2. The Kier molecular flexibility index (Phi) is 4.62. The first-order chi connectivity index (χ1) is 10.1. The average Bonchev–Trinajstić information content (AvgIpc) is 2.91. The molecule has 0 aliphatic carbocycles. The van der Waals surface area contributed by atoms with Crippen molar-refractivity contribution < 1.29 is 9.59 Å². The quantitative estimate of drug-likeness (QED) is 0.686. The van der Waals surface area contributed by atoms with Crippen LogP contribution >= 0.6 is 0 Å². The van der Waals surface area contributed by atoms with Crippen LogP contribution in [0.2, 0.25) is 0 Å². The molecule has 8 nitrogen and oxygen atoms in total. The Morgan fingerprint density at radius 2 is 2.05 bits per heavy atom. The molecule has 4 N–H and O–H groups in total. The van der Waals surface area contributed by atoms with Crippen LogP contribution < -0.4 is 16.4 Å². The Morgan fingerprint density at radius 3 is 2.71 bits per heavy atom. The topological polar surface area (TPSA) is 115 Å². The lowest BCUT2D eigenvalue weighted by molar-refractivity contribution is -0.123. The SMILES string of the molecule is Cn1cnnc1-c1ccccc1NC(=O)CNC(=O)CN. The van der Waals surface area contributed by atoms with E-state index in [4.69, 9.17) is 5.73 Å². The zero-order valence-corrected chi connectivity index (χ0v) is 11.5. The molecule has 2 aromatic rings. The van der Waals surface area contributed by atoms with Gasteiger partial charge >= 0.3 is 0 Å². The fraction of sp³-hybridized carbons (Fsp3) is 0.231. The van der Waals surface area contributed by atoms with Gasteiger partial charge in [0.1, 0.15) is 6.33 Å². The van der Waals surface area contributed by atoms with Crippen LogP contribution in [0.4, 0.5) is 5.69 Å². The Balaban J connectivity index is 2.12. The van der Waals surface area contributed by atoms with Crippen molar-refractivity contribution in [3.05, 3.63) is 30.6 Å². The largest absolute Gasteiger partial charge is 0.346 e. The summed E-state index contributed by atoms with van der Waals surface area (Å²) in [4.78, 5) is 22.9. The van der Waals surface area contributed by atoms with E-state index < -0.39 is 0 Å². The van der Waals surface area contributed by atoms with E-state index in [2.05, 4.69) is 20.8 Å². The fourth-order valence-electron chi connectivity index (χ4n) is 1.76. The minimum absolute atomic E-state index is 0.136. The normalized spacial score (nSPS) is 10.2. The number of carbonyl (C=O) groups is 2. The van der Waals surface area contributed by atoms with Crippen LogP contribution in [-0.4, -0.2) is 39.7 Å². The minimum atomic E-state index is -0.383. The van der Waals surface area contributed by atoms with Crippen molar-refractivity contribution in [1.29, 1.82) is 0 Å². The third kappa shape index (κ3) is 3.63. The molecule has 0 unspecified atom stereocenters. The highest BCUT2D eigenvalue weighted by atomic mass is 16.2. The maximum absolute atomic E-state index is 11.8. The van der Waals surface area contributed by atoms with E-state index in [1.807, 2.05) is 19.2 Å². The highest BCUT2D eigenvalue weighted by Gasteiger charge is 2.12. The van der Waals surface area contributed by atoms with Gasteiger partial charge in [-0.05, 0) is 12.1 Å². The van der Waals surface area contributed by atoms with E-state index in [1.165, 1.54) is 0 Å². The lowest BCUT2D eigenvalue weighted by Gasteiger charge is -2.10. The monoisotopic (exact) mass is 288 g/mol. The number of nitrogens with one attached hydrogen (secondary N) is 2. The number of nitrogens with two attached hydrogens (primary N) is 1. The van der Waals surface area contributed by atoms with Gasteiger partial charge in [-0.1, -0.05) is 12.1 Å². The lowest BCUT2D eigenvalue weighted by atomic mass is 10.1. The molecule has 2 rings (SSSR count). The van der Waals surface area contributed by atoms with Gasteiger partial charge in [0, 0.05) is 12.6 Å². The first kappa shape index (κ1) is 14.7. The molecule has 1 aromatic carbocycles. The maximum atomic E-state index is 11.8. The third-order valence-corrected chi connectivity index (χ3v) is 2.78. The summed E-state index contributed by atoms with van der Waals surface area (Å²) in [5.41, 5.74) is 6.50. The molecule has 0 saturated carbocycles. The van der Waals surface area contributed by atoms with Crippen LogP contribution in [0, 0.1) is 0 Å². The number of carbonyl (C=O) groups excluding carboxylic acids is 2. The highest BCUT2D eigenvalue weighted by molar-refractivity contribution is 5.97. The summed E-state index contributed by atoms with van der Waals surface area (Å²) < 4.78 is 1.75. The van der Waals surface area contributed by atoms with Crippen molar-refractivity contribution in [2.45, 2.75) is 0 Å². The van der Waals surface area contributed by atoms with Crippen molar-refractivity contribution in [2.75, 3.05) is 18.4 Å². The summed E-state index contributed by atoms with van der Waals surface area (Å²) in [5.74, 6) is -0.0879. The number of aryl methyl sites for hydroxylation is 1. The number of rotatable bonds is 5. The third-order valence-electron chi connectivity index (χ3n) is 2.78. The van der Waals surface area contributed by atoms with Crippen LogP contribution in [0.3, 0.4) is 0 Å². The molecule has 0 fully saturated rings. The molecule has 1 aromatic heterocycles. The van der Waals surface area contributed by atoms with Crippen molar-refractivity contribution >= 4 is 17.5 Å². The molecule has 0 spiro atoms. The van der Waals surface area contributed by atoms with E-state index in [-0.39, 0.29) is 24.9 Å². The summed E-state index contributed by atoms with van der Waals surface area (Å²) in [7, 11) is 1.81. The number of aromatic nitrogens is 3. The molecule has 0 aliphatic heterocycles. The lowest BCUT2D eigenvalue weighted by Crippen LogP contribution is -2.36. The number of nitrogens with zero attached hydrogens (tertiary/aromatic N) is 3. The zero-order valence-electron chi connectivity index (χ0n) is 11.5. The number of para-hydroxylation sites is 1. The maximum Gasteiger partial charge on any atom is 0.243 e. The Morgan fingerprint density at radius 1 is 1.29 bits per heavy atom. The molecule has 2 amide bonds. The van der Waals surface area contributed by atoms with Gasteiger partial charge in [-0.15, -0.1) is 10.2 Å². The van der Waals surface area contributed by atoms with E-state index >= 15 is 0 Å². The van der Waals surface area contributed by atoms with E-state index in [1.54, 1.807) is 23.0 Å². The minimum Gasteiger partial charge on any atom is -0.346 e. The van der Waals surface area contributed by atoms with Gasteiger partial charge in [-0.2, -0.15) is 0 Å². The molecule has 21 heavy (non-hydrogen) atoms. The number of hydrogen-bond donors (Lipinski definition) is 3. The number of anilines is 1. The van der Waals surface area contributed by atoms with Gasteiger partial charge in [0.05, 0.1) is 18.8 Å². The van der Waals surface area contributed by atoms with Gasteiger partial charge < -0.3 is 20.9 Å². The van der Waals surface area contributed by atoms with Gasteiger partial charge in [0.25, 0.3) is 0 Å². The molecular weight excluding hydrogens is 272 g/mol. The number of amides is 2. The summed E-state index contributed by atoms with van der Waals surface area (Å²) in [6, 6.07) is 7.23. The summed E-state index contributed by atoms with van der Waals surface area (Å²) in [6.07, 6.45) is 1.58. The second-order valence-electron chi connectivity index (χ2n) is 4.34. The molecular formula is C13H16N6O2. The van der Waals surface area contributed by atoms with Crippen molar-refractivity contribution in [3.63, 3.8) is 0 Å². The van der Waals surface area contributed by atoms with Crippen molar-refractivity contribution in [3.8, 4) is 11.4 Å². The molecule has 0 aliphatic rings. The highest BCUT2D eigenvalue weighted by Crippen LogP contribution is 2.25. The van der Waals surface area contributed by atoms with Gasteiger partial charge in [-0.25, -0.2) is 0 Å². The number of benzene rings is 1. The van der Waals surface area contributed by atoms with E-state index in [9.17, 15) is 9.59 Å². The molecule has 110 valence electrons. The van der Waals surface area contributed by atoms with E-state index in [0.29, 0.717) is 11.5 Å². The van der Waals surface area contributed by atoms with Gasteiger partial charge in [0.15, 0.2) is 5.82 Å². The van der Waals surface area contributed by atoms with Crippen LogP contribution in [-0.2, 0) is 16.6 Å². The Labute approximate surface area is 121 Å². The standard InChI is InChI=1S/C13H16N6O2/c1-19-8-16-18-13(19)9-4-2-3-5-10(9)17-12(21)7-15-11(20)6-14/h2-5,8H,6-7,14H2,1H3,(H,15,20)(H,17,21). The van der Waals surface area contributed by atoms with Gasteiger partial charge in [-0.3, -0.25) is 9.59 Å². The molecule has 8 heteroatoms. The van der Waals surface area contributed by atoms with Gasteiger partial charge in [0.2, 0.25) is 11.8 Å². The molecule has 0 atom stereocenters. The molecule has 0 bridgehead atoms. The summed E-state index contributed by atoms with van der Waals surface area (Å²) in [6.45, 7) is -0.286. The molecule has 1 heterocycles. The fourth-order valence-corrected chi connectivity index (χ4v) is 1.76. The van der Waals surface area contributed by atoms with Crippen molar-refractivity contribution in [1.82, 2.24) is 20.1 Å². The van der Waals surface area contributed by atoms with Crippen LogP contribution in [0.15, 0.2) is 30.6 Å². The van der Waals surface area contributed by atoms with Crippen LogP contribution in [0.1, 0.15) is 0 Å². The Bertz CT molecular complexity index is 652. The summed E-state index contributed by atoms with van der Waals surface area (Å²) >= 11 is 0. The molecule has 0 radical (unpaired) electrons. The molecule has 0 saturated heterocycles. The first-order valence-electron chi connectivity index (χ1n) is 6.32. The van der Waals surface area contributed by atoms with Crippen LogP contribution in [0.5, 0.6) is 0 Å². The first-order valence-corrected chi connectivity index (χ1v) is 6.32. The Hall–Kier alpha value is -2.74. The summed E-state index contributed by atoms with van der Waals surface area (Å²) in [5, 5.41) is 13.0. The number of hydrogen-bond acceptors (Lipinski definition) is 5. The predicted molar refractivity (Wildman–Crippen MR) is 77.1 cm³/mol. The smallest absolute Gasteiger partial charge is 0.243 e. The van der Waals surface area contributed by atoms with Crippen LogP contribution in [0.25, 0.3) is 11.4 Å². The second kappa shape index (κ2) is 6.62.